The number of nitrogens with one attached hydrogen (secondary N) is 1. The second-order valence-corrected chi connectivity index (χ2v) is 6.30. The molecule has 0 radical (unpaired) electrons. The molecular weight excluding hydrogens is 244 g/mol. The minimum atomic E-state index is -0.0999. The first-order chi connectivity index (χ1) is 8.41. The fourth-order valence-electron chi connectivity index (χ4n) is 1.94. The van der Waals surface area contributed by atoms with Crippen molar-refractivity contribution in [3.05, 3.63) is 22.4 Å². The summed E-state index contributed by atoms with van der Waals surface area (Å²) in [5, 5.41) is 5.52. The van der Waals surface area contributed by atoms with E-state index in [4.69, 9.17) is 0 Å². The van der Waals surface area contributed by atoms with Crippen LogP contribution in [0.15, 0.2) is 17.5 Å². The summed E-state index contributed by atoms with van der Waals surface area (Å²) >= 11 is 1.72. The smallest absolute Gasteiger partial charge is 0.239 e. The highest BCUT2D eigenvalue weighted by molar-refractivity contribution is 7.10. The first-order valence-corrected chi connectivity index (χ1v) is 7.30. The van der Waals surface area contributed by atoms with Crippen molar-refractivity contribution in [3.63, 3.8) is 0 Å². The lowest BCUT2D eigenvalue weighted by Gasteiger charge is -2.26. The molecule has 1 aromatic rings. The summed E-state index contributed by atoms with van der Waals surface area (Å²) in [6.07, 6.45) is 0.868. The third-order valence-corrected chi connectivity index (χ3v) is 3.92. The van der Waals surface area contributed by atoms with Crippen molar-refractivity contribution in [2.45, 2.75) is 39.3 Å². The maximum Gasteiger partial charge on any atom is 0.239 e. The highest BCUT2D eigenvalue weighted by Crippen LogP contribution is 2.20. The summed E-state index contributed by atoms with van der Waals surface area (Å²) in [6.45, 7) is 6.41. The average molecular weight is 268 g/mol. The van der Waals surface area contributed by atoms with Gasteiger partial charge in [-0.2, -0.15) is 0 Å². The molecule has 2 unspecified atom stereocenters. The van der Waals surface area contributed by atoms with Crippen LogP contribution in [0, 0.1) is 5.92 Å². The van der Waals surface area contributed by atoms with Crippen LogP contribution in [0.25, 0.3) is 0 Å². The SMILES string of the molecule is CC(C)CC(NC(C)c1cccs1)C(=O)N(C)C. The first-order valence-electron chi connectivity index (χ1n) is 6.42. The Kier molecular flexibility index (Phi) is 5.82. The number of rotatable bonds is 6. The molecule has 0 fully saturated rings. The van der Waals surface area contributed by atoms with Crippen molar-refractivity contribution < 1.29 is 4.79 Å². The molecule has 1 rings (SSSR count). The Morgan fingerprint density at radius 3 is 2.50 bits per heavy atom. The minimum absolute atomic E-state index is 0.0999. The highest BCUT2D eigenvalue weighted by Gasteiger charge is 2.23. The van der Waals surface area contributed by atoms with Crippen LogP contribution in [0.5, 0.6) is 0 Å². The molecule has 0 saturated heterocycles. The largest absolute Gasteiger partial charge is 0.347 e. The molecule has 3 nitrogen and oxygen atoms in total. The number of carbonyl (C=O) groups excluding carboxylic acids is 1. The van der Waals surface area contributed by atoms with Gasteiger partial charge in [-0.3, -0.25) is 10.1 Å². The lowest BCUT2D eigenvalue weighted by Crippen LogP contribution is -2.45. The van der Waals surface area contributed by atoms with Gasteiger partial charge in [-0.25, -0.2) is 0 Å². The number of nitrogens with zero attached hydrogens (tertiary/aromatic N) is 1. The van der Waals surface area contributed by atoms with Crippen LogP contribution in [0.4, 0.5) is 0 Å². The van der Waals surface area contributed by atoms with Gasteiger partial charge in [0, 0.05) is 25.0 Å². The van der Waals surface area contributed by atoms with Crippen LogP contribution in [0.1, 0.15) is 38.1 Å². The summed E-state index contributed by atoms with van der Waals surface area (Å²) in [4.78, 5) is 15.1. The molecule has 1 heterocycles. The van der Waals surface area contributed by atoms with E-state index in [-0.39, 0.29) is 18.0 Å². The quantitative estimate of drug-likeness (QED) is 0.860. The molecule has 0 aliphatic rings. The van der Waals surface area contributed by atoms with E-state index < -0.39 is 0 Å². The van der Waals surface area contributed by atoms with Gasteiger partial charge in [-0.05, 0) is 30.7 Å². The lowest BCUT2D eigenvalue weighted by molar-refractivity contribution is -0.131. The summed E-state index contributed by atoms with van der Waals surface area (Å²) in [6, 6.07) is 4.27. The van der Waals surface area contributed by atoms with E-state index in [1.54, 1.807) is 16.2 Å². The molecule has 102 valence electrons. The van der Waals surface area contributed by atoms with Crippen molar-refractivity contribution >= 4 is 17.2 Å². The molecule has 1 aromatic heterocycles. The van der Waals surface area contributed by atoms with Crippen LogP contribution >= 0.6 is 11.3 Å². The standard InChI is InChI=1S/C14H24N2OS/c1-10(2)9-12(14(17)16(4)5)15-11(3)13-7-6-8-18-13/h6-8,10-12,15H,9H2,1-5H3. The molecule has 4 heteroatoms. The lowest BCUT2D eigenvalue weighted by atomic mass is 10.0. The van der Waals surface area contributed by atoms with Crippen LogP contribution in [0.2, 0.25) is 0 Å². The van der Waals surface area contributed by atoms with Gasteiger partial charge in [0.15, 0.2) is 0 Å². The summed E-state index contributed by atoms with van der Waals surface area (Å²) < 4.78 is 0. The van der Waals surface area contributed by atoms with Gasteiger partial charge in [-0.15, -0.1) is 11.3 Å². The fourth-order valence-corrected chi connectivity index (χ4v) is 2.69. The molecule has 0 aliphatic carbocycles. The van der Waals surface area contributed by atoms with Gasteiger partial charge < -0.3 is 4.90 Å². The van der Waals surface area contributed by atoms with Crippen molar-refractivity contribution in [3.8, 4) is 0 Å². The van der Waals surface area contributed by atoms with E-state index in [0.29, 0.717) is 5.92 Å². The Morgan fingerprint density at radius 2 is 2.06 bits per heavy atom. The normalized spacial score (nSPS) is 14.6. The van der Waals surface area contributed by atoms with E-state index in [1.807, 2.05) is 20.2 Å². The third kappa shape index (κ3) is 4.42. The Balaban J connectivity index is 2.69. The molecule has 2 atom stereocenters. The van der Waals surface area contributed by atoms with E-state index in [0.717, 1.165) is 6.42 Å². The third-order valence-electron chi connectivity index (χ3n) is 2.87. The first kappa shape index (κ1) is 15.2. The average Bonchev–Trinajstić information content (AvgIpc) is 2.79. The van der Waals surface area contributed by atoms with E-state index in [2.05, 4.69) is 37.5 Å². The van der Waals surface area contributed by atoms with Gasteiger partial charge in [0.2, 0.25) is 5.91 Å². The zero-order valence-corrected chi connectivity index (χ0v) is 12.8. The molecule has 0 aromatic carbocycles. The zero-order valence-electron chi connectivity index (χ0n) is 11.9. The fraction of sp³-hybridized carbons (Fsp3) is 0.643. The number of hydrogen-bond donors (Lipinski definition) is 1. The Labute approximate surface area is 114 Å². The van der Waals surface area contributed by atoms with E-state index in [9.17, 15) is 4.79 Å². The molecule has 0 aliphatic heterocycles. The predicted octanol–water partition coefficient (Wildman–Crippen LogP) is 2.90. The van der Waals surface area contributed by atoms with Crippen molar-refractivity contribution in [1.82, 2.24) is 10.2 Å². The van der Waals surface area contributed by atoms with Crippen molar-refractivity contribution in [1.29, 1.82) is 0 Å². The van der Waals surface area contributed by atoms with Gasteiger partial charge in [0.05, 0.1) is 6.04 Å². The van der Waals surface area contributed by atoms with E-state index >= 15 is 0 Å². The maximum absolute atomic E-state index is 12.2. The van der Waals surface area contributed by atoms with Crippen LogP contribution in [-0.4, -0.2) is 30.9 Å². The molecular formula is C14H24N2OS. The predicted molar refractivity (Wildman–Crippen MR) is 77.8 cm³/mol. The number of amides is 1. The van der Waals surface area contributed by atoms with Gasteiger partial charge in [0.25, 0.3) is 0 Å². The molecule has 1 amide bonds. The molecule has 0 bridgehead atoms. The monoisotopic (exact) mass is 268 g/mol. The topological polar surface area (TPSA) is 32.3 Å². The molecule has 0 spiro atoms. The number of hydrogen-bond acceptors (Lipinski definition) is 3. The second kappa shape index (κ2) is 6.90. The van der Waals surface area contributed by atoms with Gasteiger partial charge >= 0.3 is 0 Å². The number of likely N-dealkylation sites (N-methyl/N-ethyl adjacent to an activating group) is 1. The highest BCUT2D eigenvalue weighted by atomic mass is 32.1. The summed E-state index contributed by atoms with van der Waals surface area (Å²) in [7, 11) is 3.63. The Bertz CT molecular complexity index is 360. The Morgan fingerprint density at radius 1 is 1.39 bits per heavy atom. The van der Waals surface area contributed by atoms with Gasteiger partial charge in [0.1, 0.15) is 0 Å². The number of carbonyl (C=O) groups is 1. The van der Waals surface area contributed by atoms with Crippen molar-refractivity contribution in [2.24, 2.45) is 5.92 Å². The summed E-state index contributed by atoms with van der Waals surface area (Å²) in [5.41, 5.74) is 0. The van der Waals surface area contributed by atoms with Crippen LogP contribution in [-0.2, 0) is 4.79 Å². The van der Waals surface area contributed by atoms with E-state index in [1.165, 1.54) is 4.88 Å². The Hall–Kier alpha value is -0.870. The molecule has 18 heavy (non-hydrogen) atoms. The summed E-state index contributed by atoms with van der Waals surface area (Å²) in [5.74, 6) is 0.661. The van der Waals surface area contributed by atoms with Gasteiger partial charge in [-0.1, -0.05) is 19.9 Å². The van der Waals surface area contributed by atoms with Crippen LogP contribution in [0.3, 0.4) is 0 Å². The second-order valence-electron chi connectivity index (χ2n) is 5.32. The molecule has 0 saturated carbocycles. The maximum atomic E-state index is 12.2. The van der Waals surface area contributed by atoms with Crippen LogP contribution < -0.4 is 5.32 Å². The minimum Gasteiger partial charge on any atom is -0.347 e. The zero-order chi connectivity index (χ0) is 13.7. The molecule has 1 N–H and O–H groups in total. The van der Waals surface area contributed by atoms with Crippen molar-refractivity contribution in [2.75, 3.05) is 14.1 Å². The number of thiophene rings is 1.